The molecule has 1 amide bonds. The Morgan fingerprint density at radius 3 is 2.66 bits per heavy atom. The highest BCUT2D eigenvalue weighted by Crippen LogP contribution is 2.36. The van der Waals surface area contributed by atoms with Crippen LogP contribution in [0.1, 0.15) is 40.4 Å². The molecule has 240 valence electrons. The van der Waals surface area contributed by atoms with Gasteiger partial charge in [-0.3, -0.25) is 19.8 Å². The average Bonchev–Trinajstić information content (AvgIpc) is 3.56. The maximum absolute atomic E-state index is 13.5. The Kier molecular flexibility index (Phi) is 8.08. The number of hydrogen-bond donors (Lipinski definition) is 2. The third-order valence-electron chi connectivity index (χ3n) is 8.84. The van der Waals surface area contributed by atoms with Crippen LogP contribution in [0.2, 0.25) is 0 Å². The first-order chi connectivity index (χ1) is 22.7. The van der Waals surface area contributed by atoms with E-state index in [-0.39, 0.29) is 11.3 Å². The number of aromatic nitrogens is 2. The first kappa shape index (κ1) is 30.4. The number of hydrogen-bond acceptors (Lipinski definition) is 9. The number of rotatable bonds is 8. The number of carbonyl (C=O) groups excluding carboxylic acids is 1. The number of anilines is 1. The van der Waals surface area contributed by atoms with Crippen LogP contribution < -0.4 is 14.4 Å². The molecule has 2 N–H and O–H groups in total. The lowest BCUT2D eigenvalue weighted by molar-refractivity contribution is -0.385. The maximum Gasteiger partial charge on any atom is 0.270 e. The molecule has 7 rings (SSSR count). The third-order valence-corrected chi connectivity index (χ3v) is 10.2. The minimum atomic E-state index is -4.44. The smallest absolute Gasteiger partial charge is 0.270 e. The highest BCUT2D eigenvalue weighted by molar-refractivity contribution is 7.90. The number of sulfonamides is 1. The number of aromatic amines is 1. The summed E-state index contributed by atoms with van der Waals surface area (Å²) in [5, 5.41) is 12.0. The summed E-state index contributed by atoms with van der Waals surface area (Å²) in [5.41, 5.74) is 3.93. The standard InChI is InChI=1S/C34H32N6O6S/c41-34(37-47(44,45)28-8-4-7-26(20-28)40(42)43)30-12-11-25(21-32(30)46-27-19-24-13-14-35-33(24)36-22-27)38-15-17-39(18-16-38)31-10-3-6-23-5-1-2-9-29(23)31/h1-2,4-5,7-9,11-14,19-22,31H,3,6,10,15-18H2,(H,35,36)(H,37,41). The summed E-state index contributed by atoms with van der Waals surface area (Å²) in [6.07, 6.45) is 6.71. The lowest BCUT2D eigenvalue weighted by atomic mass is 9.86. The Hall–Kier alpha value is -5.27. The molecule has 0 radical (unpaired) electrons. The summed E-state index contributed by atoms with van der Waals surface area (Å²) in [5.74, 6) is -0.422. The van der Waals surface area contributed by atoms with Gasteiger partial charge >= 0.3 is 0 Å². The number of benzene rings is 3. The molecule has 1 aliphatic heterocycles. The molecule has 12 nitrogen and oxygen atoms in total. The van der Waals surface area contributed by atoms with Gasteiger partial charge in [-0.05, 0) is 60.7 Å². The predicted molar refractivity (Wildman–Crippen MR) is 176 cm³/mol. The Bertz CT molecular complexity index is 2090. The van der Waals surface area contributed by atoms with Crippen molar-refractivity contribution in [2.75, 3.05) is 31.1 Å². The maximum atomic E-state index is 13.5. The second-order valence-electron chi connectivity index (χ2n) is 11.7. The molecule has 1 unspecified atom stereocenters. The molecule has 0 spiro atoms. The molecule has 2 aliphatic rings. The molecule has 3 aromatic carbocycles. The van der Waals surface area contributed by atoms with Gasteiger partial charge < -0.3 is 14.6 Å². The van der Waals surface area contributed by atoms with E-state index in [9.17, 15) is 23.3 Å². The molecular weight excluding hydrogens is 620 g/mol. The van der Waals surface area contributed by atoms with Gasteiger partial charge in [0.1, 0.15) is 17.1 Å². The lowest BCUT2D eigenvalue weighted by Gasteiger charge is -2.42. The quantitative estimate of drug-likeness (QED) is 0.162. The fraction of sp³-hybridized carbons (Fsp3) is 0.235. The summed E-state index contributed by atoms with van der Waals surface area (Å²) in [4.78, 5) is 35.8. The number of carbonyl (C=O) groups is 1. The van der Waals surface area contributed by atoms with E-state index in [2.05, 4.69) is 44.0 Å². The summed E-state index contributed by atoms with van der Waals surface area (Å²) in [6.45, 7) is 3.27. The van der Waals surface area contributed by atoms with Gasteiger partial charge in [0.2, 0.25) is 0 Å². The number of nitro groups is 1. The van der Waals surface area contributed by atoms with E-state index in [1.54, 1.807) is 24.4 Å². The molecule has 1 aliphatic carbocycles. The SMILES string of the molecule is O=C(NS(=O)(=O)c1cccc([N+](=O)[O-])c1)c1ccc(N2CCN(C3CCCc4ccccc43)CC2)cc1Oc1cnc2[nH]ccc2c1. The lowest BCUT2D eigenvalue weighted by Crippen LogP contribution is -2.48. The van der Waals surface area contributed by atoms with E-state index < -0.39 is 31.4 Å². The van der Waals surface area contributed by atoms with Crippen LogP contribution in [-0.2, 0) is 16.4 Å². The van der Waals surface area contributed by atoms with Crippen LogP contribution in [0, 0.1) is 10.1 Å². The van der Waals surface area contributed by atoms with E-state index in [0.717, 1.165) is 56.2 Å². The number of non-ortho nitro benzene ring substituents is 1. The first-order valence-corrected chi connectivity index (χ1v) is 16.9. The van der Waals surface area contributed by atoms with Crippen LogP contribution in [0.15, 0.2) is 96.2 Å². The summed E-state index contributed by atoms with van der Waals surface area (Å²) in [7, 11) is -4.44. The van der Waals surface area contributed by atoms with Crippen molar-refractivity contribution in [1.82, 2.24) is 19.6 Å². The number of ether oxygens (including phenoxy) is 1. The van der Waals surface area contributed by atoms with Gasteiger partial charge in [0.05, 0.1) is 21.6 Å². The van der Waals surface area contributed by atoms with Crippen LogP contribution in [-0.4, -0.2) is 60.3 Å². The van der Waals surface area contributed by atoms with E-state index >= 15 is 0 Å². The van der Waals surface area contributed by atoms with Gasteiger partial charge in [0, 0.05) is 67.7 Å². The first-order valence-electron chi connectivity index (χ1n) is 15.4. The molecule has 1 saturated heterocycles. The fourth-order valence-corrected chi connectivity index (χ4v) is 7.49. The van der Waals surface area contributed by atoms with Crippen LogP contribution in [0.4, 0.5) is 11.4 Å². The van der Waals surface area contributed by atoms with Gasteiger partial charge in [-0.15, -0.1) is 0 Å². The fourth-order valence-electron chi connectivity index (χ4n) is 6.48. The minimum absolute atomic E-state index is 0.0191. The number of pyridine rings is 1. The highest BCUT2D eigenvalue weighted by Gasteiger charge is 2.29. The molecule has 2 aromatic heterocycles. The number of H-pyrrole nitrogens is 1. The number of aryl methyl sites for hydroxylation is 1. The Morgan fingerprint density at radius 2 is 1.83 bits per heavy atom. The second-order valence-corrected chi connectivity index (χ2v) is 13.4. The topological polar surface area (TPSA) is 151 Å². The number of fused-ring (bicyclic) bond motifs is 2. The molecule has 0 saturated carbocycles. The molecule has 3 heterocycles. The predicted octanol–water partition coefficient (Wildman–Crippen LogP) is 5.58. The Morgan fingerprint density at radius 1 is 1.00 bits per heavy atom. The van der Waals surface area contributed by atoms with E-state index in [4.69, 9.17) is 4.74 Å². The molecule has 5 aromatic rings. The highest BCUT2D eigenvalue weighted by atomic mass is 32.2. The molecule has 0 bridgehead atoms. The van der Waals surface area contributed by atoms with Gasteiger partial charge in [-0.2, -0.15) is 0 Å². The van der Waals surface area contributed by atoms with Crippen molar-refractivity contribution in [3.8, 4) is 11.5 Å². The van der Waals surface area contributed by atoms with Crippen molar-refractivity contribution >= 4 is 38.3 Å². The normalized spacial score (nSPS) is 16.9. The molecular formula is C34H32N6O6S. The van der Waals surface area contributed by atoms with Crippen molar-refractivity contribution in [3.63, 3.8) is 0 Å². The van der Waals surface area contributed by atoms with Gasteiger partial charge in [0.25, 0.3) is 21.6 Å². The molecule has 1 fully saturated rings. The summed E-state index contributed by atoms with van der Waals surface area (Å²) >= 11 is 0. The monoisotopic (exact) mass is 652 g/mol. The van der Waals surface area contributed by atoms with Crippen LogP contribution >= 0.6 is 0 Å². The zero-order chi connectivity index (χ0) is 32.5. The van der Waals surface area contributed by atoms with Crippen LogP contribution in [0.5, 0.6) is 11.5 Å². The average molecular weight is 653 g/mol. The van der Waals surface area contributed by atoms with E-state index in [0.29, 0.717) is 17.4 Å². The number of nitrogens with one attached hydrogen (secondary N) is 2. The molecule has 13 heteroatoms. The van der Waals surface area contributed by atoms with Crippen molar-refractivity contribution in [3.05, 3.63) is 118 Å². The van der Waals surface area contributed by atoms with Crippen molar-refractivity contribution in [1.29, 1.82) is 0 Å². The van der Waals surface area contributed by atoms with Gasteiger partial charge in [-0.25, -0.2) is 18.1 Å². The van der Waals surface area contributed by atoms with E-state index in [1.165, 1.54) is 48.0 Å². The summed E-state index contributed by atoms with van der Waals surface area (Å²) < 4.78 is 34.5. The number of piperazine rings is 1. The van der Waals surface area contributed by atoms with Crippen LogP contribution in [0.3, 0.4) is 0 Å². The second kappa shape index (κ2) is 12.5. The van der Waals surface area contributed by atoms with Crippen molar-refractivity contribution < 1.29 is 22.9 Å². The molecule has 1 atom stereocenters. The van der Waals surface area contributed by atoms with E-state index in [1.807, 2.05) is 10.8 Å². The van der Waals surface area contributed by atoms with Gasteiger partial charge in [-0.1, -0.05) is 30.3 Å². The minimum Gasteiger partial charge on any atom is -0.455 e. The summed E-state index contributed by atoms with van der Waals surface area (Å²) in [6, 6.07) is 22.3. The largest absolute Gasteiger partial charge is 0.455 e. The number of amides is 1. The third kappa shape index (κ3) is 6.27. The zero-order valence-electron chi connectivity index (χ0n) is 25.3. The molecule has 47 heavy (non-hydrogen) atoms. The Balaban J connectivity index is 1.15. The van der Waals surface area contributed by atoms with Crippen molar-refractivity contribution in [2.45, 2.75) is 30.2 Å². The zero-order valence-corrected chi connectivity index (χ0v) is 26.2. The van der Waals surface area contributed by atoms with Crippen molar-refractivity contribution in [2.24, 2.45) is 0 Å². The number of nitro benzene ring substituents is 1. The van der Waals surface area contributed by atoms with Gasteiger partial charge in [0.15, 0.2) is 0 Å². The number of nitrogens with zero attached hydrogens (tertiary/aromatic N) is 4. The Labute approximate surface area is 271 Å². The van der Waals surface area contributed by atoms with Crippen LogP contribution in [0.25, 0.3) is 11.0 Å².